The number of pyridine rings is 1. The minimum absolute atomic E-state index is 0.168. The van der Waals surface area contributed by atoms with Gasteiger partial charge in [0, 0.05) is 43.9 Å². The van der Waals surface area contributed by atoms with Crippen molar-refractivity contribution in [1.82, 2.24) is 14.5 Å². The molecule has 59 heavy (non-hydrogen) atoms. The van der Waals surface area contributed by atoms with Gasteiger partial charge in [-0.2, -0.15) is 0 Å². The number of phenolic OH excluding ortho intramolecular Hbond substituents is 1. The average Bonchev–Trinajstić information content (AvgIpc) is 3.82. The molecule has 0 radical (unpaired) electrons. The number of hydrogen-bond donors (Lipinski definition) is 1. The van der Waals surface area contributed by atoms with Crippen molar-refractivity contribution in [3.8, 4) is 56.2 Å². The van der Waals surface area contributed by atoms with Gasteiger partial charge in [-0.05, 0) is 68.8 Å². The van der Waals surface area contributed by atoms with E-state index >= 15 is 0 Å². The van der Waals surface area contributed by atoms with Crippen molar-refractivity contribution in [1.29, 1.82) is 0 Å². The smallest absolute Gasteiger partial charge is 0.149 e. The highest BCUT2D eigenvalue weighted by atomic mass is 32.1. The number of hydrogen-bond acceptors (Lipinski definition) is 4. The number of rotatable bonds is 5. The number of para-hydroxylation sites is 2. The van der Waals surface area contributed by atoms with Crippen LogP contribution in [0.1, 0.15) is 52.7 Å². The third-order valence-electron chi connectivity index (χ3n) is 11.7. The van der Waals surface area contributed by atoms with Crippen LogP contribution in [-0.2, 0) is 10.8 Å². The number of imidazole rings is 1. The van der Waals surface area contributed by atoms with Gasteiger partial charge in [-0.15, -0.1) is 11.3 Å². The van der Waals surface area contributed by atoms with Crippen molar-refractivity contribution in [2.24, 2.45) is 0 Å². The molecule has 4 nitrogen and oxygen atoms in total. The first kappa shape index (κ1) is 36.8. The quantitative estimate of drug-likeness (QED) is 0.189. The van der Waals surface area contributed by atoms with E-state index in [-0.39, 0.29) is 16.6 Å². The molecule has 0 amide bonds. The summed E-state index contributed by atoms with van der Waals surface area (Å²) in [6.45, 7) is 13.2. The Morgan fingerprint density at radius 3 is 1.86 bits per heavy atom. The topological polar surface area (TPSA) is 50.9 Å². The first-order valence-electron chi connectivity index (χ1n) is 20.3. The standard InChI is InChI=1S/C54H45N3OS/c1-53(2,3)35-30-43(49(58)44(31-35)54(4,5)6)52-56-47-39(25-17-27-46(47)57(52)45-26-16-15-22-36(45)33-18-9-7-10-19-33)41-32-42-48-51(59-50(42)40-24-14-13-23-38(40)41)37(28-29-55-48)34-20-11-8-12-21-34/h7-32,58H,1-6H3. The molecule has 0 spiro atoms. The van der Waals surface area contributed by atoms with Gasteiger partial charge in [0.15, 0.2) is 0 Å². The van der Waals surface area contributed by atoms with Crippen molar-refractivity contribution in [3.63, 3.8) is 0 Å². The maximum absolute atomic E-state index is 12.4. The van der Waals surface area contributed by atoms with Crippen LogP contribution in [0.5, 0.6) is 5.75 Å². The number of fused-ring (bicyclic) bond motifs is 6. The fourth-order valence-electron chi connectivity index (χ4n) is 8.63. The van der Waals surface area contributed by atoms with Gasteiger partial charge >= 0.3 is 0 Å². The fourth-order valence-corrected chi connectivity index (χ4v) is 9.94. The van der Waals surface area contributed by atoms with E-state index in [0.29, 0.717) is 11.4 Å². The van der Waals surface area contributed by atoms with Gasteiger partial charge < -0.3 is 5.11 Å². The van der Waals surface area contributed by atoms with Crippen molar-refractivity contribution in [3.05, 3.63) is 169 Å². The second-order valence-corrected chi connectivity index (χ2v) is 18.6. The number of benzene rings is 7. The molecule has 0 atom stereocenters. The highest BCUT2D eigenvalue weighted by molar-refractivity contribution is 7.27. The van der Waals surface area contributed by atoms with E-state index in [1.54, 1.807) is 0 Å². The lowest BCUT2D eigenvalue weighted by Crippen LogP contribution is -2.17. The molecule has 0 aliphatic carbocycles. The molecule has 1 N–H and O–H groups in total. The third-order valence-corrected chi connectivity index (χ3v) is 12.9. The highest BCUT2D eigenvalue weighted by Gasteiger charge is 2.29. The van der Waals surface area contributed by atoms with Crippen LogP contribution >= 0.6 is 11.3 Å². The van der Waals surface area contributed by atoms with Gasteiger partial charge in [-0.25, -0.2) is 4.98 Å². The second kappa shape index (κ2) is 13.8. The van der Waals surface area contributed by atoms with Crippen LogP contribution in [-0.4, -0.2) is 19.6 Å². The van der Waals surface area contributed by atoms with Gasteiger partial charge in [0.05, 0.1) is 32.5 Å². The lowest BCUT2D eigenvalue weighted by molar-refractivity contribution is 0.446. The van der Waals surface area contributed by atoms with Gasteiger partial charge in [0.25, 0.3) is 0 Å². The van der Waals surface area contributed by atoms with Crippen LogP contribution in [0.3, 0.4) is 0 Å². The Bertz CT molecular complexity index is 3240. The van der Waals surface area contributed by atoms with Crippen LogP contribution < -0.4 is 0 Å². The average molecular weight is 784 g/mol. The molecule has 288 valence electrons. The van der Waals surface area contributed by atoms with Crippen LogP contribution in [0, 0.1) is 0 Å². The Labute approximate surface area is 349 Å². The van der Waals surface area contributed by atoms with E-state index in [1.165, 1.54) is 25.9 Å². The molecule has 0 bridgehead atoms. The molecule has 0 saturated carbocycles. The zero-order valence-corrected chi connectivity index (χ0v) is 35.0. The fraction of sp³-hybridized carbons (Fsp3) is 0.148. The number of aromatic hydroxyl groups is 1. The number of phenols is 1. The van der Waals surface area contributed by atoms with Crippen molar-refractivity contribution in [2.45, 2.75) is 52.4 Å². The zero-order chi connectivity index (χ0) is 40.6. The molecule has 0 saturated heterocycles. The van der Waals surface area contributed by atoms with Gasteiger partial charge in [0.1, 0.15) is 11.6 Å². The summed E-state index contributed by atoms with van der Waals surface area (Å²) in [5.41, 5.74) is 12.8. The number of thiophene rings is 1. The summed E-state index contributed by atoms with van der Waals surface area (Å²) in [6, 6.07) is 53.7. The summed E-state index contributed by atoms with van der Waals surface area (Å²) in [5, 5.41) is 15.9. The van der Waals surface area contributed by atoms with Crippen LogP contribution in [0.25, 0.3) is 92.6 Å². The molecule has 10 rings (SSSR count). The predicted octanol–water partition coefficient (Wildman–Crippen LogP) is 14.9. The monoisotopic (exact) mass is 783 g/mol. The molecule has 3 aromatic heterocycles. The normalized spacial score (nSPS) is 12.3. The molecule has 0 aliphatic rings. The lowest BCUT2D eigenvalue weighted by Gasteiger charge is -2.27. The summed E-state index contributed by atoms with van der Waals surface area (Å²) in [5.74, 6) is 0.961. The molecule has 3 heterocycles. The minimum atomic E-state index is -0.309. The third kappa shape index (κ3) is 6.11. The molecule has 10 aromatic rings. The molecule has 7 aromatic carbocycles. The SMILES string of the molecule is CC(C)(C)c1cc(-c2nc3c(-c4cc5c6nccc(-c7ccccc7)c6sc5c5ccccc45)cccc3n2-c2ccccc2-c2ccccc2)c(O)c(C(C)(C)C)c1. The summed E-state index contributed by atoms with van der Waals surface area (Å²) < 4.78 is 4.68. The van der Waals surface area contributed by atoms with E-state index in [1.807, 2.05) is 17.5 Å². The van der Waals surface area contributed by atoms with E-state index in [4.69, 9.17) is 9.97 Å². The molecular formula is C54H45N3OS. The van der Waals surface area contributed by atoms with Crippen molar-refractivity contribution >= 4 is 53.4 Å². The maximum atomic E-state index is 12.4. The van der Waals surface area contributed by atoms with Gasteiger partial charge in [-0.3, -0.25) is 9.55 Å². The summed E-state index contributed by atoms with van der Waals surface area (Å²) in [4.78, 5) is 10.7. The maximum Gasteiger partial charge on any atom is 0.149 e. The summed E-state index contributed by atoms with van der Waals surface area (Å²) in [7, 11) is 0. The zero-order valence-electron chi connectivity index (χ0n) is 34.2. The van der Waals surface area contributed by atoms with Crippen LogP contribution in [0.15, 0.2) is 158 Å². The Kier molecular flexibility index (Phi) is 8.59. The van der Waals surface area contributed by atoms with Gasteiger partial charge in [-0.1, -0.05) is 163 Å². The number of nitrogens with zero attached hydrogens (tertiary/aromatic N) is 3. The van der Waals surface area contributed by atoms with Crippen LogP contribution in [0.4, 0.5) is 0 Å². The van der Waals surface area contributed by atoms with Crippen molar-refractivity contribution in [2.75, 3.05) is 0 Å². The summed E-state index contributed by atoms with van der Waals surface area (Å²) >= 11 is 1.82. The molecule has 0 unspecified atom stereocenters. The lowest BCUT2D eigenvalue weighted by atomic mass is 9.79. The van der Waals surface area contributed by atoms with E-state index in [0.717, 1.165) is 66.4 Å². The first-order valence-corrected chi connectivity index (χ1v) is 21.1. The van der Waals surface area contributed by atoms with Crippen LogP contribution in [0.2, 0.25) is 0 Å². The largest absolute Gasteiger partial charge is 0.507 e. The summed E-state index contributed by atoms with van der Waals surface area (Å²) in [6.07, 6.45) is 1.94. The van der Waals surface area contributed by atoms with E-state index < -0.39 is 0 Å². The van der Waals surface area contributed by atoms with E-state index in [9.17, 15) is 5.11 Å². The van der Waals surface area contributed by atoms with Crippen molar-refractivity contribution < 1.29 is 5.11 Å². The van der Waals surface area contributed by atoms with Gasteiger partial charge in [0.2, 0.25) is 0 Å². The Morgan fingerprint density at radius 1 is 0.508 bits per heavy atom. The molecule has 0 aliphatic heterocycles. The predicted molar refractivity (Wildman–Crippen MR) is 250 cm³/mol. The second-order valence-electron chi connectivity index (χ2n) is 17.6. The highest BCUT2D eigenvalue weighted by Crippen LogP contribution is 2.48. The molecule has 5 heteroatoms. The molecular weight excluding hydrogens is 739 g/mol. The Morgan fingerprint density at radius 2 is 1.15 bits per heavy atom. The first-order chi connectivity index (χ1) is 28.5. The Balaban J connectivity index is 1.32. The number of aromatic nitrogens is 3. The Hall–Kier alpha value is -6.56. The van der Waals surface area contributed by atoms with E-state index in [2.05, 4.69) is 198 Å². The minimum Gasteiger partial charge on any atom is -0.507 e. The molecule has 0 fully saturated rings.